The Bertz CT molecular complexity index is 175. The number of hydrogen-bond donors (Lipinski definition) is 1. The molecule has 1 fully saturated rings. The molecular weight excluding hydrogens is 188 g/mol. The highest BCUT2D eigenvalue weighted by atomic mass is 16.5. The molecule has 3 unspecified atom stereocenters. The number of piperidine rings is 1. The van der Waals surface area contributed by atoms with Crippen LogP contribution in [0.1, 0.15) is 26.7 Å². The first-order chi connectivity index (χ1) is 7.17. The van der Waals surface area contributed by atoms with Gasteiger partial charge in [-0.15, -0.1) is 0 Å². The Morgan fingerprint density at radius 1 is 1.53 bits per heavy atom. The molecule has 15 heavy (non-hydrogen) atoms. The zero-order valence-corrected chi connectivity index (χ0v) is 10.4. The van der Waals surface area contributed by atoms with Crippen molar-refractivity contribution in [1.29, 1.82) is 0 Å². The van der Waals surface area contributed by atoms with Gasteiger partial charge < -0.3 is 15.4 Å². The Labute approximate surface area is 94.0 Å². The van der Waals surface area contributed by atoms with Crippen LogP contribution in [-0.2, 0) is 4.74 Å². The quantitative estimate of drug-likeness (QED) is 0.750. The number of hydrogen-bond acceptors (Lipinski definition) is 3. The van der Waals surface area contributed by atoms with Gasteiger partial charge in [0, 0.05) is 20.2 Å². The summed E-state index contributed by atoms with van der Waals surface area (Å²) in [6, 6.07) is 0. The maximum Gasteiger partial charge on any atom is 0.0724 e. The summed E-state index contributed by atoms with van der Waals surface area (Å²) in [5, 5.41) is 0. The number of rotatable bonds is 5. The lowest BCUT2D eigenvalue weighted by molar-refractivity contribution is -0.00876. The van der Waals surface area contributed by atoms with E-state index in [1.165, 1.54) is 19.5 Å². The molecule has 3 nitrogen and oxygen atoms in total. The number of nitrogens with two attached hydrogens (primary N) is 1. The first-order valence-corrected chi connectivity index (χ1v) is 6.12. The molecule has 0 aromatic rings. The second-order valence-electron chi connectivity index (χ2n) is 4.98. The fourth-order valence-corrected chi connectivity index (χ4v) is 2.39. The summed E-state index contributed by atoms with van der Waals surface area (Å²) in [4.78, 5) is 2.52. The Morgan fingerprint density at radius 2 is 2.27 bits per heavy atom. The molecule has 1 heterocycles. The minimum Gasteiger partial charge on any atom is -0.380 e. The van der Waals surface area contributed by atoms with Gasteiger partial charge >= 0.3 is 0 Å². The van der Waals surface area contributed by atoms with Crippen LogP contribution in [0.3, 0.4) is 0 Å². The lowest BCUT2D eigenvalue weighted by Gasteiger charge is -2.37. The lowest BCUT2D eigenvalue weighted by atomic mass is 9.95. The molecule has 0 amide bonds. The van der Waals surface area contributed by atoms with E-state index in [1.54, 1.807) is 0 Å². The van der Waals surface area contributed by atoms with Crippen molar-refractivity contribution in [2.45, 2.75) is 32.8 Å². The van der Waals surface area contributed by atoms with Gasteiger partial charge in [-0.2, -0.15) is 0 Å². The summed E-state index contributed by atoms with van der Waals surface area (Å²) < 4.78 is 5.51. The summed E-state index contributed by atoms with van der Waals surface area (Å²) in [7, 11) is 1.83. The summed E-state index contributed by atoms with van der Waals surface area (Å²) >= 11 is 0. The average Bonchev–Trinajstić information content (AvgIpc) is 2.21. The highest BCUT2D eigenvalue weighted by Crippen LogP contribution is 2.20. The first-order valence-electron chi connectivity index (χ1n) is 6.12. The van der Waals surface area contributed by atoms with E-state index in [0.29, 0.717) is 17.9 Å². The molecular formula is C12H26N2O. The fourth-order valence-electron chi connectivity index (χ4n) is 2.39. The van der Waals surface area contributed by atoms with Crippen molar-refractivity contribution in [3.8, 4) is 0 Å². The molecule has 1 rings (SSSR count). The molecule has 2 N–H and O–H groups in total. The van der Waals surface area contributed by atoms with Crippen LogP contribution in [0.25, 0.3) is 0 Å². The van der Waals surface area contributed by atoms with Crippen molar-refractivity contribution in [3.05, 3.63) is 0 Å². The van der Waals surface area contributed by atoms with Crippen LogP contribution in [0, 0.1) is 11.8 Å². The van der Waals surface area contributed by atoms with Gasteiger partial charge in [-0.1, -0.05) is 13.8 Å². The third-order valence-corrected chi connectivity index (χ3v) is 3.51. The van der Waals surface area contributed by atoms with Crippen LogP contribution in [0.15, 0.2) is 0 Å². The van der Waals surface area contributed by atoms with E-state index in [-0.39, 0.29) is 0 Å². The molecule has 0 radical (unpaired) electrons. The van der Waals surface area contributed by atoms with Crippen LogP contribution in [0.5, 0.6) is 0 Å². The van der Waals surface area contributed by atoms with Crippen LogP contribution in [0.4, 0.5) is 0 Å². The van der Waals surface area contributed by atoms with Gasteiger partial charge in [0.1, 0.15) is 0 Å². The Morgan fingerprint density at radius 3 is 2.87 bits per heavy atom. The summed E-state index contributed by atoms with van der Waals surface area (Å²) in [6.45, 7) is 8.85. The van der Waals surface area contributed by atoms with Gasteiger partial charge in [0.05, 0.1) is 6.10 Å². The van der Waals surface area contributed by atoms with E-state index in [2.05, 4.69) is 18.7 Å². The van der Waals surface area contributed by atoms with E-state index in [9.17, 15) is 0 Å². The maximum atomic E-state index is 5.57. The van der Waals surface area contributed by atoms with Crippen molar-refractivity contribution in [1.82, 2.24) is 4.90 Å². The topological polar surface area (TPSA) is 38.5 Å². The van der Waals surface area contributed by atoms with Crippen molar-refractivity contribution in [3.63, 3.8) is 0 Å². The standard InChI is InChI=1S/C12H26N2O/c1-10(4-6-13)8-14-7-5-11(2)12(9-14)15-3/h10-12H,4-9,13H2,1-3H3. The third-order valence-electron chi connectivity index (χ3n) is 3.51. The predicted octanol–water partition coefficient (Wildman–Crippen LogP) is 1.33. The monoisotopic (exact) mass is 214 g/mol. The number of likely N-dealkylation sites (tertiary alicyclic amines) is 1. The molecule has 1 aliphatic rings. The average molecular weight is 214 g/mol. The second kappa shape index (κ2) is 6.46. The van der Waals surface area contributed by atoms with Gasteiger partial charge in [0.15, 0.2) is 0 Å². The van der Waals surface area contributed by atoms with Crippen molar-refractivity contribution >= 4 is 0 Å². The molecule has 0 aliphatic carbocycles. The molecule has 0 spiro atoms. The normalized spacial score (nSPS) is 30.4. The van der Waals surface area contributed by atoms with Crippen LogP contribution >= 0.6 is 0 Å². The lowest BCUT2D eigenvalue weighted by Crippen LogP contribution is -2.45. The summed E-state index contributed by atoms with van der Waals surface area (Å²) in [5.41, 5.74) is 5.57. The van der Waals surface area contributed by atoms with E-state index < -0.39 is 0 Å². The number of ether oxygens (including phenoxy) is 1. The third kappa shape index (κ3) is 4.09. The van der Waals surface area contributed by atoms with Crippen molar-refractivity contribution in [2.24, 2.45) is 17.6 Å². The number of nitrogens with zero attached hydrogens (tertiary/aromatic N) is 1. The molecule has 0 bridgehead atoms. The molecule has 0 aromatic carbocycles. The van der Waals surface area contributed by atoms with E-state index >= 15 is 0 Å². The van der Waals surface area contributed by atoms with Gasteiger partial charge in [-0.3, -0.25) is 0 Å². The molecule has 1 saturated heterocycles. The Balaban J connectivity index is 2.31. The van der Waals surface area contributed by atoms with E-state index in [0.717, 1.165) is 19.5 Å². The van der Waals surface area contributed by atoms with Crippen LogP contribution < -0.4 is 5.73 Å². The SMILES string of the molecule is COC1CN(CC(C)CCN)CCC1C. The molecule has 3 heteroatoms. The van der Waals surface area contributed by atoms with Crippen LogP contribution in [0.2, 0.25) is 0 Å². The molecule has 90 valence electrons. The first kappa shape index (κ1) is 12.9. The van der Waals surface area contributed by atoms with E-state index in [4.69, 9.17) is 10.5 Å². The van der Waals surface area contributed by atoms with Crippen LogP contribution in [-0.4, -0.2) is 44.3 Å². The largest absolute Gasteiger partial charge is 0.380 e. The zero-order chi connectivity index (χ0) is 11.3. The summed E-state index contributed by atoms with van der Waals surface area (Å²) in [5.74, 6) is 1.41. The van der Waals surface area contributed by atoms with Gasteiger partial charge in [-0.05, 0) is 37.8 Å². The molecule has 0 saturated carbocycles. The summed E-state index contributed by atoms with van der Waals surface area (Å²) in [6.07, 6.45) is 2.81. The predicted molar refractivity (Wildman–Crippen MR) is 63.9 cm³/mol. The van der Waals surface area contributed by atoms with Crippen molar-refractivity contribution in [2.75, 3.05) is 33.3 Å². The smallest absolute Gasteiger partial charge is 0.0724 e. The second-order valence-corrected chi connectivity index (χ2v) is 4.98. The van der Waals surface area contributed by atoms with Gasteiger partial charge in [0.25, 0.3) is 0 Å². The highest BCUT2D eigenvalue weighted by Gasteiger charge is 2.26. The Hall–Kier alpha value is -0.120. The molecule has 3 atom stereocenters. The van der Waals surface area contributed by atoms with Gasteiger partial charge in [-0.25, -0.2) is 0 Å². The minimum absolute atomic E-state index is 0.420. The number of methoxy groups -OCH3 is 1. The van der Waals surface area contributed by atoms with Gasteiger partial charge in [0.2, 0.25) is 0 Å². The fraction of sp³-hybridized carbons (Fsp3) is 1.00. The van der Waals surface area contributed by atoms with E-state index in [1.807, 2.05) is 7.11 Å². The zero-order valence-electron chi connectivity index (χ0n) is 10.4. The van der Waals surface area contributed by atoms with Crippen molar-refractivity contribution < 1.29 is 4.74 Å². The molecule has 1 aliphatic heterocycles. The maximum absolute atomic E-state index is 5.57. The minimum atomic E-state index is 0.420. The highest BCUT2D eigenvalue weighted by molar-refractivity contribution is 4.79. The Kier molecular flexibility index (Phi) is 5.58. The molecule has 0 aromatic heterocycles.